The van der Waals surface area contributed by atoms with Crippen molar-refractivity contribution in [1.82, 2.24) is 5.32 Å². The van der Waals surface area contributed by atoms with Crippen molar-refractivity contribution in [2.24, 2.45) is 11.7 Å². The van der Waals surface area contributed by atoms with Gasteiger partial charge in [-0.15, -0.1) is 0 Å². The molecule has 110 valence electrons. The lowest BCUT2D eigenvalue weighted by Crippen LogP contribution is -2.29. The van der Waals surface area contributed by atoms with E-state index in [2.05, 4.69) is 10.1 Å². The van der Waals surface area contributed by atoms with Gasteiger partial charge in [-0.3, -0.25) is 4.79 Å². The van der Waals surface area contributed by atoms with E-state index in [1.54, 1.807) is 0 Å². The number of nitrogens with two attached hydrogens (primary N) is 1. The van der Waals surface area contributed by atoms with Gasteiger partial charge in [-0.1, -0.05) is 0 Å². The maximum absolute atomic E-state index is 12.0. The summed E-state index contributed by atoms with van der Waals surface area (Å²) in [4.78, 5) is 11.9. The van der Waals surface area contributed by atoms with Gasteiger partial charge in [0, 0.05) is 18.2 Å². The Morgan fingerprint density at radius 2 is 2.05 bits per heavy atom. The van der Waals surface area contributed by atoms with E-state index >= 15 is 0 Å². The molecule has 6 heteroatoms. The highest BCUT2D eigenvalue weighted by molar-refractivity contribution is 5.94. The Labute approximate surface area is 116 Å². The molecule has 0 bridgehead atoms. The summed E-state index contributed by atoms with van der Waals surface area (Å²) in [7, 11) is 0. The molecule has 2 rings (SSSR count). The topological polar surface area (TPSA) is 64.3 Å². The Kier molecular flexibility index (Phi) is 4.89. The van der Waals surface area contributed by atoms with Crippen LogP contribution in [0.3, 0.4) is 0 Å². The summed E-state index contributed by atoms with van der Waals surface area (Å²) in [5.41, 5.74) is 6.24. The molecule has 0 spiro atoms. The van der Waals surface area contributed by atoms with Gasteiger partial charge in [0.15, 0.2) is 0 Å². The molecule has 0 aliphatic heterocycles. The predicted octanol–water partition coefficient (Wildman–Crippen LogP) is 2.15. The highest BCUT2D eigenvalue weighted by Crippen LogP contribution is 2.23. The normalized spacial score (nSPS) is 22.0. The number of alkyl halides is 2. The molecule has 2 atom stereocenters. The molecule has 1 amide bonds. The molecule has 1 aromatic rings. The fourth-order valence-electron chi connectivity index (χ4n) is 2.43. The van der Waals surface area contributed by atoms with Gasteiger partial charge in [-0.25, -0.2) is 0 Å². The Bertz CT molecular complexity index is 451. The van der Waals surface area contributed by atoms with Crippen molar-refractivity contribution in [3.63, 3.8) is 0 Å². The second-order valence-corrected chi connectivity index (χ2v) is 5.05. The fourth-order valence-corrected chi connectivity index (χ4v) is 2.43. The smallest absolute Gasteiger partial charge is 0.387 e. The van der Waals surface area contributed by atoms with Crippen molar-refractivity contribution in [1.29, 1.82) is 0 Å². The van der Waals surface area contributed by atoms with Crippen molar-refractivity contribution in [3.8, 4) is 5.75 Å². The predicted molar refractivity (Wildman–Crippen MR) is 70.7 cm³/mol. The molecule has 1 fully saturated rings. The first-order valence-electron chi connectivity index (χ1n) is 6.63. The SMILES string of the molecule is NC1CCC(CNC(=O)c2ccc(OC(F)F)cc2)C1. The zero-order valence-electron chi connectivity index (χ0n) is 11.0. The van der Waals surface area contributed by atoms with Crippen LogP contribution in [-0.4, -0.2) is 25.1 Å². The van der Waals surface area contributed by atoms with Crippen LogP contribution in [0.5, 0.6) is 5.75 Å². The number of hydrogen-bond acceptors (Lipinski definition) is 3. The molecule has 4 nitrogen and oxygen atoms in total. The first kappa shape index (κ1) is 14.7. The van der Waals surface area contributed by atoms with E-state index in [1.807, 2.05) is 0 Å². The number of nitrogens with one attached hydrogen (secondary N) is 1. The maximum atomic E-state index is 12.0. The molecule has 20 heavy (non-hydrogen) atoms. The number of ether oxygens (including phenoxy) is 1. The lowest BCUT2D eigenvalue weighted by Gasteiger charge is -2.11. The zero-order valence-corrected chi connectivity index (χ0v) is 11.0. The molecule has 1 aliphatic carbocycles. The van der Waals surface area contributed by atoms with E-state index in [9.17, 15) is 13.6 Å². The molecule has 0 aromatic heterocycles. The van der Waals surface area contributed by atoms with E-state index in [1.165, 1.54) is 24.3 Å². The standard InChI is InChI=1S/C14H18F2N2O2/c15-14(16)20-12-5-2-10(3-6-12)13(19)18-8-9-1-4-11(17)7-9/h2-3,5-6,9,11,14H,1,4,7-8,17H2,(H,18,19). The van der Waals surface area contributed by atoms with Gasteiger partial charge >= 0.3 is 6.61 Å². The number of carbonyl (C=O) groups excluding carboxylic acids is 1. The summed E-state index contributed by atoms with van der Waals surface area (Å²) in [6.07, 6.45) is 2.96. The van der Waals surface area contributed by atoms with Gasteiger partial charge in [0.1, 0.15) is 5.75 Å². The minimum absolute atomic E-state index is 0.0401. The molecule has 0 radical (unpaired) electrons. The van der Waals surface area contributed by atoms with Gasteiger partial charge < -0.3 is 15.8 Å². The van der Waals surface area contributed by atoms with Crippen LogP contribution in [0.4, 0.5) is 8.78 Å². The molecule has 3 N–H and O–H groups in total. The van der Waals surface area contributed by atoms with Crippen molar-refractivity contribution in [2.75, 3.05) is 6.54 Å². The molecular weight excluding hydrogens is 266 g/mol. The average Bonchev–Trinajstić information content (AvgIpc) is 2.82. The van der Waals surface area contributed by atoms with Crippen LogP contribution < -0.4 is 15.8 Å². The van der Waals surface area contributed by atoms with Crippen LogP contribution in [0.15, 0.2) is 24.3 Å². The first-order valence-corrected chi connectivity index (χ1v) is 6.63. The second-order valence-electron chi connectivity index (χ2n) is 5.05. The van der Waals surface area contributed by atoms with E-state index in [0.717, 1.165) is 19.3 Å². The molecular formula is C14H18F2N2O2. The van der Waals surface area contributed by atoms with Crippen molar-refractivity contribution >= 4 is 5.91 Å². The number of rotatable bonds is 5. The van der Waals surface area contributed by atoms with Crippen molar-refractivity contribution in [2.45, 2.75) is 31.9 Å². The van der Waals surface area contributed by atoms with Crippen LogP contribution in [0.1, 0.15) is 29.6 Å². The first-order chi connectivity index (χ1) is 9.54. The summed E-state index contributed by atoms with van der Waals surface area (Å²) in [6, 6.07) is 5.88. The fraction of sp³-hybridized carbons (Fsp3) is 0.500. The molecule has 0 saturated heterocycles. The van der Waals surface area contributed by atoms with Crippen LogP contribution in [-0.2, 0) is 0 Å². The van der Waals surface area contributed by atoms with Gasteiger partial charge in [0.25, 0.3) is 5.91 Å². The quantitative estimate of drug-likeness (QED) is 0.870. The molecule has 1 aliphatic rings. The summed E-state index contributed by atoms with van der Waals surface area (Å²) in [5.74, 6) is 0.253. The van der Waals surface area contributed by atoms with Crippen LogP contribution in [0.2, 0.25) is 0 Å². The summed E-state index contributed by atoms with van der Waals surface area (Å²) < 4.78 is 28.2. The molecule has 2 unspecified atom stereocenters. The third-order valence-corrected chi connectivity index (χ3v) is 3.47. The zero-order chi connectivity index (χ0) is 14.5. The third kappa shape index (κ3) is 4.16. The average molecular weight is 284 g/mol. The number of carbonyl (C=O) groups is 1. The summed E-state index contributed by atoms with van der Waals surface area (Å²) in [6.45, 7) is -2.26. The summed E-state index contributed by atoms with van der Waals surface area (Å²) in [5, 5.41) is 2.84. The highest BCUT2D eigenvalue weighted by atomic mass is 19.3. The minimum Gasteiger partial charge on any atom is -0.435 e. The lowest BCUT2D eigenvalue weighted by molar-refractivity contribution is -0.0498. The monoisotopic (exact) mass is 284 g/mol. The maximum Gasteiger partial charge on any atom is 0.387 e. The lowest BCUT2D eigenvalue weighted by atomic mass is 10.1. The van der Waals surface area contributed by atoms with Crippen molar-refractivity contribution < 1.29 is 18.3 Å². The van der Waals surface area contributed by atoms with Crippen molar-refractivity contribution in [3.05, 3.63) is 29.8 Å². The summed E-state index contributed by atoms with van der Waals surface area (Å²) >= 11 is 0. The highest BCUT2D eigenvalue weighted by Gasteiger charge is 2.22. The third-order valence-electron chi connectivity index (χ3n) is 3.47. The largest absolute Gasteiger partial charge is 0.435 e. The molecule has 1 saturated carbocycles. The number of benzene rings is 1. The van der Waals surface area contributed by atoms with Crippen LogP contribution in [0, 0.1) is 5.92 Å². The Hall–Kier alpha value is -1.69. The van der Waals surface area contributed by atoms with Gasteiger partial charge in [0.2, 0.25) is 0 Å². The minimum atomic E-state index is -2.86. The number of amides is 1. The van der Waals surface area contributed by atoms with Gasteiger partial charge in [-0.2, -0.15) is 8.78 Å². The number of halogens is 2. The van der Waals surface area contributed by atoms with Crippen LogP contribution in [0.25, 0.3) is 0 Å². The van der Waals surface area contributed by atoms with Crippen LogP contribution >= 0.6 is 0 Å². The van der Waals surface area contributed by atoms with Gasteiger partial charge in [0.05, 0.1) is 0 Å². The number of hydrogen-bond donors (Lipinski definition) is 2. The van der Waals surface area contributed by atoms with E-state index in [4.69, 9.17) is 5.73 Å². The van der Waals surface area contributed by atoms with Gasteiger partial charge in [-0.05, 0) is 49.4 Å². The van der Waals surface area contributed by atoms with E-state index in [-0.39, 0.29) is 17.7 Å². The molecule has 0 heterocycles. The Balaban J connectivity index is 1.83. The van der Waals surface area contributed by atoms with E-state index in [0.29, 0.717) is 18.0 Å². The second kappa shape index (κ2) is 6.65. The Morgan fingerprint density at radius 3 is 2.60 bits per heavy atom. The molecule has 1 aromatic carbocycles. The Morgan fingerprint density at radius 1 is 1.35 bits per heavy atom. The van der Waals surface area contributed by atoms with E-state index < -0.39 is 6.61 Å².